The summed E-state index contributed by atoms with van der Waals surface area (Å²) in [7, 11) is 0. The van der Waals surface area contributed by atoms with Gasteiger partial charge in [0.15, 0.2) is 16.7 Å². The van der Waals surface area contributed by atoms with Gasteiger partial charge in [0.2, 0.25) is 0 Å². The third-order valence-electron chi connectivity index (χ3n) is 2.19. The highest BCUT2D eigenvalue weighted by Crippen LogP contribution is 2.23. The molecule has 5 heteroatoms. The van der Waals surface area contributed by atoms with Crippen LogP contribution in [0.5, 0.6) is 0 Å². The summed E-state index contributed by atoms with van der Waals surface area (Å²) in [6.07, 6.45) is 3.21. The summed E-state index contributed by atoms with van der Waals surface area (Å²) in [6.45, 7) is 0. The maximum atomic E-state index is 5.23. The average molecular weight is 264 g/mol. The van der Waals surface area contributed by atoms with Crippen LogP contribution in [0.1, 0.15) is 0 Å². The van der Waals surface area contributed by atoms with Gasteiger partial charge in [0.05, 0.1) is 11.9 Å². The van der Waals surface area contributed by atoms with Crippen LogP contribution in [0, 0.1) is 0 Å². The number of fused-ring (bicyclic) bond motifs is 1. The standard InChI is InChI=1S/C10H6BrN3O/c11-10-12-4-8(14-10)6-1-2-7-9(3-6)15-5-13-7/h1-5H,(H,12,14). The fourth-order valence-corrected chi connectivity index (χ4v) is 1.78. The zero-order valence-corrected chi connectivity index (χ0v) is 9.15. The molecule has 4 nitrogen and oxygen atoms in total. The predicted octanol–water partition coefficient (Wildman–Crippen LogP) is 2.98. The number of rotatable bonds is 1. The quantitative estimate of drug-likeness (QED) is 0.735. The Balaban J connectivity index is 2.18. The molecule has 0 amide bonds. The van der Waals surface area contributed by atoms with E-state index < -0.39 is 0 Å². The number of H-pyrrole nitrogens is 1. The summed E-state index contributed by atoms with van der Waals surface area (Å²) in [6, 6.07) is 5.83. The van der Waals surface area contributed by atoms with Gasteiger partial charge in [-0.3, -0.25) is 0 Å². The Bertz CT molecular complexity index is 614. The van der Waals surface area contributed by atoms with E-state index in [-0.39, 0.29) is 0 Å². The van der Waals surface area contributed by atoms with Crippen molar-refractivity contribution in [2.45, 2.75) is 0 Å². The third kappa shape index (κ3) is 1.45. The molecule has 1 N–H and O–H groups in total. The first-order chi connectivity index (χ1) is 7.33. The maximum absolute atomic E-state index is 5.23. The largest absolute Gasteiger partial charge is 0.443 e. The summed E-state index contributed by atoms with van der Waals surface area (Å²) in [5, 5.41) is 0. The fourth-order valence-electron chi connectivity index (χ4n) is 1.47. The van der Waals surface area contributed by atoms with E-state index in [1.54, 1.807) is 6.20 Å². The maximum Gasteiger partial charge on any atom is 0.181 e. The Morgan fingerprint density at radius 2 is 2.20 bits per heavy atom. The minimum atomic E-state index is 0.718. The molecule has 74 valence electrons. The highest BCUT2D eigenvalue weighted by molar-refractivity contribution is 9.10. The second-order valence-electron chi connectivity index (χ2n) is 3.12. The summed E-state index contributed by atoms with van der Waals surface area (Å²) < 4.78 is 5.95. The third-order valence-corrected chi connectivity index (χ3v) is 2.59. The second kappa shape index (κ2) is 3.20. The molecule has 15 heavy (non-hydrogen) atoms. The second-order valence-corrected chi connectivity index (χ2v) is 3.87. The van der Waals surface area contributed by atoms with Crippen molar-refractivity contribution in [3.8, 4) is 11.3 Å². The molecule has 2 aromatic heterocycles. The first kappa shape index (κ1) is 8.67. The molecule has 0 fully saturated rings. The Hall–Kier alpha value is -1.62. The van der Waals surface area contributed by atoms with E-state index in [1.165, 1.54) is 6.39 Å². The highest BCUT2D eigenvalue weighted by Gasteiger charge is 2.04. The number of oxazole rings is 1. The lowest BCUT2D eigenvalue weighted by molar-refractivity contribution is 0.602. The van der Waals surface area contributed by atoms with Gasteiger partial charge in [-0.25, -0.2) is 9.97 Å². The van der Waals surface area contributed by atoms with Crippen LogP contribution in [0.2, 0.25) is 0 Å². The average Bonchev–Trinajstić information content (AvgIpc) is 2.84. The van der Waals surface area contributed by atoms with Gasteiger partial charge in [-0.15, -0.1) is 0 Å². The number of nitrogens with zero attached hydrogens (tertiary/aromatic N) is 2. The normalized spacial score (nSPS) is 11.0. The number of nitrogens with one attached hydrogen (secondary N) is 1. The van der Waals surface area contributed by atoms with Crippen molar-refractivity contribution in [2.75, 3.05) is 0 Å². The van der Waals surface area contributed by atoms with Crippen LogP contribution in [-0.4, -0.2) is 15.0 Å². The topological polar surface area (TPSA) is 54.7 Å². The number of aromatic nitrogens is 3. The predicted molar refractivity (Wildman–Crippen MR) is 59.3 cm³/mol. The van der Waals surface area contributed by atoms with Gasteiger partial charge in [-0.05, 0) is 28.1 Å². The van der Waals surface area contributed by atoms with Gasteiger partial charge in [-0.1, -0.05) is 6.07 Å². The molecule has 0 unspecified atom stereocenters. The Labute approximate surface area is 93.5 Å². The lowest BCUT2D eigenvalue weighted by Crippen LogP contribution is -1.77. The van der Waals surface area contributed by atoms with Crippen LogP contribution in [0.15, 0.2) is 39.9 Å². The van der Waals surface area contributed by atoms with Crippen LogP contribution in [-0.2, 0) is 0 Å². The summed E-state index contributed by atoms with van der Waals surface area (Å²) in [4.78, 5) is 11.2. The smallest absolute Gasteiger partial charge is 0.181 e. The highest BCUT2D eigenvalue weighted by atomic mass is 79.9. The molecule has 0 saturated heterocycles. The van der Waals surface area contributed by atoms with E-state index in [9.17, 15) is 0 Å². The number of hydrogen-bond donors (Lipinski definition) is 1. The Morgan fingerprint density at radius 3 is 3.00 bits per heavy atom. The van der Waals surface area contributed by atoms with Crippen molar-refractivity contribution in [3.63, 3.8) is 0 Å². The van der Waals surface area contributed by atoms with E-state index >= 15 is 0 Å². The number of aromatic amines is 1. The van der Waals surface area contributed by atoms with Gasteiger partial charge >= 0.3 is 0 Å². The first-order valence-corrected chi connectivity index (χ1v) is 5.16. The van der Waals surface area contributed by atoms with Crippen LogP contribution < -0.4 is 0 Å². The van der Waals surface area contributed by atoms with E-state index in [2.05, 4.69) is 30.9 Å². The molecule has 0 saturated carbocycles. The van der Waals surface area contributed by atoms with Crippen LogP contribution in [0.3, 0.4) is 0 Å². The molecular formula is C10H6BrN3O. The molecule has 3 rings (SSSR count). The molecule has 1 aromatic carbocycles. The van der Waals surface area contributed by atoms with E-state index in [4.69, 9.17) is 4.42 Å². The molecular weight excluding hydrogens is 258 g/mol. The number of halogens is 1. The van der Waals surface area contributed by atoms with Gasteiger partial charge in [0.25, 0.3) is 0 Å². The first-order valence-electron chi connectivity index (χ1n) is 4.37. The van der Waals surface area contributed by atoms with Gasteiger partial charge in [-0.2, -0.15) is 0 Å². The monoisotopic (exact) mass is 263 g/mol. The van der Waals surface area contributed by atoms with E-state index in [1.807, 2.05) is 18.2 Å². The molecule has 0 atom stereocenters. The van der Waals surface area contributed by atoms with E-state index in [0.717, 1.165) is 27.1 Å². The van der Waals surface area contributed by atoms with E-state index in [0.29, 0.717) is 0 Å². The minimum absolute atomic E-state index is 0.718. The molecule has 2 heterocycles. The van der Waals surface area contributed by atoms with Gasteiger partial charge < -0.3 is 9.40 Å². The van der Waals surface area contributed by atoms with Crippen molar-refractivity contribution >= 4 is 27.0 Å². The summed E-state index contributed by atoms with van der Waals surface area (Å²) in [5.74, 6) is 0. The lowest BCUT2D eigenvalue weighted by atomic mass is 10.1. The molecule has 0 radical (unpaired) electrons. The molecule has 0 aliphatic rings. The van der Waals surface area contributed by atoms with Gasteiger partial charge in [0.1, 0.15) is 5.52 Å². The fraction of sp³-hybridized carbons (Fsp3) is 0. The molecule has 0 bridgehead atoms. The van der Waals surface area contributed by atoms with Crippen molar-refractivity contribution in [3.05, 3.63) is 35.5 Å². The minimum Gasteiger partial charge on any atom is -0.443 e. The van der Waals surface area contributed by atoms with Crippen molar-refractivity contribution in [2.24, 2.45) is 0 Å². The zero-order valence-electron chi connectivity index (χ0n) is 7.57. The SMILES string of the molecule is Brc1ncc(-c2ccc3ncoc3c2)[nH]1. The van der Waals surface area contributed by atoms with Crippen LogP contribution in [0.25, 0.3) is 22.4 Å². The summed E-state index contributed by atoms with van der Waals surface area (Å²) in [5.41, 5.74) is 3.60. The molecule has 0 spiro atoms. The van der Waals surface area contributed by atoms with Crippen molar-refractivity contribution in [1.82, 2.24) is 15.0 Å². The molecule has 3 aromatic rings. The summed E-state index contributed by atoms with van der Waals surface area (Å²) >= 11 is 3.27. The number of hydrogen-bond acceptors (Lipinski definition) is 3. The Morgan fingerprint density at radius 1 is 1.27 bits per heavy atom. The molecule has 0 aliphatic heterocycles. The van der Waals surface area contributed by atoms with Crippen LogP contribution >= 0.6 is 15.9 Å². The van der Waals surface area contributed by atoms with Crippen molar-refractivity contribution in [1.29, 1.82) is 0 Å². The number of imidazole rings is 1. The zero-order chi connectivity index (χ0) is 10.3. The lowest BCUT2D eigenvalue weighted by Gasteiger charge is -1.95. The molecule has 0 aliphatic carbocycles. The van der Waals surface area contributed by atoms with Gasteiger partial charge in [0, 0.05) is 5.56 Å². The number of benzene rings is 1. The van der Waals surface area contributed by atoms with Crippen LogP contribution in [0.4, 0.5) is 0 Å². The Kier molecular flexibility index (Phi) is 1.85. The van der Waals surface area contributed by atoms with Crippen molar-refractivity contribution < 1.29 is 4.42 Å².